The molecular formula is C17H18Cl2N2O3S. The molecule has 0 aliphatic carbocycles. The summed E-state index contributed by atoms with van der Waals surface area (Å²) in [5.41, 5.74) is 0.606. The quantitative estimate of drug-likeness (QED) is 0.679. The Morgan fingerprint density at radius 3 is 2.56 bits per heavy atom. The van der Waals surface area contributed by atoms with Crippen LogP contribution in [0.1, 0.15) is 30.1 Å². The highest BCUT2D eigenvalue weighted by Gasteiger charge is 2.16. The van der Waals surface area contributed by atoms with Crippen molar-refractivity contribution in [3.05, 3.63) is 58.1 Å². The third-order valence-electron chi connectivity index (χ3n) is 3.41. The first-order chi connectivity index (χ1) is 11.8. The number of anilines is 1. The van der Waals surface area contributed by atoms with Crippen molar-refractivity contribution in [2.45, 2.75) is 24.7 Å². The molecule has 0 fully saturated rings. The van der Waals surface area contributed by atoms with Crippen molar-refractivity contribution in [3.63, 3.8) is 0 Å². The van der Waals surface area contributed by atoms with Crippen LogP contribution in [-0.2, 0) is 10.0 Å². The third kappa shape index (κ3) is 5.44. The van der Waals surface area contributed by atoms with Gasteiger partial charge in [0.2, 0.25) is 10.0 Å². The van der Waals surface area contributed by atoms with Crippen molar-refractivity contribution < 1.29 is 13.2 Å². The van der Waals surface area contributed by atoms with Gasteiger partial charge in [-0.3, -0.25) is 4.79 Å². The average Bonchev–Trinajstić information content (AvgIpc) is 2.57. The lowest BCUT2D eigenvalue weighted by molar-refractivity contribution is 0.102. The first-order valence-corrected chi connectivity index (χ1v) is 9.93. The number of carbonyl (C=O) groups is 1. The van der Waals surface area contributed by atoms with Crippen LogP contribution >= 0.6 is 23.2 Å². The molecule has 2 rings (SSSR count). The Labute approximate surface area is 157 Å². The van der Waals surface area contributed by atoms with Gasteiger partial charge >= 0.3 is 0 Å². The second kappa shape index (κ2) is 8.67. The molecule has 5 nitrogen and oxygen atoms in total. The number of rotatable bonds is 7. The number of sulfonamides is 1. The molecule has 1 amide bonds. The minimum Gasteiger partial charge on any atom is -0.321 e. The van der Waals surface area contributed by atoms with Crippen LogP contribution < -0.4 is 10.0 Å². The fourth-order valence-corrected chi connectivity index (χ4v) is 3.63. The summed E-state index contributed by atoms with van der Waals surface area (Å²) in [5, 5.41) is 3.39. The predicted molar refractivity (Wildman–Crippen MR) is 101 cm³/mol. The minimum absolute atomic E-state index is 0.0402. The van der Waals surface area contributed by atoms with E-state index in [1.807, 2.05) is 6.92 Å². The molecule has 25 heavy (non-hydrogen) atoms. The van der Waals surface area contributed by atoms with Gasteiger partial charge < -0.3 is 5.32 Å². The Bertz CT molecular complexity index is 870. The van der Waals surface area contributed by atoms with E-state index in [9.17, 15) is 13.2 Å². The normalized spacial score (nSPS) is 11.3. The molecule has 0 bridgehead atoms. The first kappa shape index (κ1) is 19.7. The Hall–Kier alpha value is -1.60. The summed E-state index contributed by atoms with van der Waals surface area (Å²) in [7, 11) is -3.65. The standard InChI is InChI=1S/C17H18Cl2N2O3S/c1-2-3-9-20-25(23,24)14-6-4-5-12(10-14)17(22)21-16-8-7-13(18)11-15(16)19/h4-8,10-11,20H,2-3,9H2,1H3,(H,21,22). The molecule has 0 aromatic heterocycles. The first-order valence-electron chi connectivity index (χ1n) is 7.69. The van der Waals surface area contributed by atoms with Gasteiger partial charge in [0.15, 0.2) is 0 Å². The lowest BCUT2D eigenvalue weighted by Crippen LogP contribution is -2.25. The summed E-state index contributed by atoms with van der Waals surface area (Å²) in [6.07, 6.45) is 1.63. The van der Waals surface area contributed by atoms with Gasteiger partial charge in [-0.1, -0.05) is 42.6 Å². The molecule has 0 unspecified atom stereocenters. The fraction of sp³-hybridized carbons (Fsp3) is 0.235. The van der Waals surface area contributed by atoms with Crippen molar-refractivity contribution in [1.29, 1.82) is 0 Å². The van der Waals surface area contributed by atoms with Crippen molar-refractivity contribution in [2.75, 3.05) is 11.9 Å². The Balaban J connectivity index is 2.18. The summed E-state index contributed by atoms with van der Waals surface area (Å²) in [6, 6.07) is 10.5. The molecule has 2 aromatic rings. The highest BCUT2D eigenvalue weighted by Crippen LogP contribution is 2.26. The molecule has 2 aromatic carbocycles. The summed E-state index contributed by atoms with van der Waals surface area (Å²) in [4.78, 5) is 12.4. The lowest BCUT2D eigenvalue weighted by Gasteiger charge is -2.10. The molecule has 0 radical (unpaired) electrons. The number of nitrogens with one attached hydrogen (secondary N) is 2. The number of benzene rings is 2. The monoisotopic (exact) mass is 400 g/mol. The summed E-state index contributed by atoms with van der Waals surface area (Å²) >= 11 is 11.9. The van der Waals surface area contributed by atoms with Crippen molar-refractivity contribution in [1.82, 2.24) is 4.72 Å². The maximum atomic E-state index is 12.4. The van der Waals surface area contributed by atoms with Crippen LogP contribution in [0.15, 0.2) is 47.4 Å². The summed E-state index contributed by atoms with van der Waals surface area (Å²) in [5.74, 6) is -0.463. The van der Waals surface area contributed by atoms with Crippen molar-refractivity contribution >= 4 is 44.8 Å². The third-order valence-corrected chi connectivity index (χ3v) is 5.41. The van der Waals surface area contributed by atoms with Gasteiger partial charge in [0.05, 0.1) is 15.6 Å². The van der Waals surface area contributed by atoms with Gasteiger partial charge in [-0.2, -0.15) is 0 Å². The molecule has 0 heterocycles. The van der Waals surface area contributed by atoms with Crippen LogP contribution in [0.2, 0.25) is 10.0 Å². The summed E-state index contributed by atoms with van der Waals surface area (Å²) in [6.45, 7) is 2.33. The number of unbranched alkanes of at least 4 members (excludes halogenated alkanes) is 1. The number of hydrogen-bond donors (Lipinski definition) is 2. The number of amides is 1. The Morgan fingerprint density at radius 1 is 1.12 bits per heavy atom. The highest BCUT2D eigenvalue weighted by atomic mass is 35.5. The number of halogens is 2. The van der Waals surface area contributed by atoms with Gasteiger partial charge in [0.1, 0.15) is 0 Å². The molecule has 0 saturated carbocycles. The van der Waals surface area contributed by atoms with E-state index in [0.717, 1.165) is 12.8 Å². The molecule has 0 spiro atoms. The summed E-state index contributed by atoms with van der Waals surface area (Å²) < 4.78 is 27.0. The van der Waals surface area contributed by atoms with Crippen LogP contribution in [0.4, 0.5) is 5.69 Å². The van der Waals surface area contributed by atoms with E-state index in [1.54, 1.807) is 12.1 Å². The maximum absolute atomic E-state index is 12.4. The average molecular weight is 401 g/mol. The van der Waals surface area contributed by atoms with E-state index in [0.29, 0.717) is 22.3 Å². The highest BCUT2D eigenvalue weighted by molar-refractivity contribution is 7.89. The van der Waals surface area contributed by atoms with Gasteiger partial charge in [0, 0.05) is 17.1 Å². The zero-order valence-corrected chi connectivity index (χ0v) is 15.9. The zero-order valence-electron chi connectivity index (χ0n) is 13.6. The minimum atomic E-state index is -3.65. The number of carbonyl (C=O) groups excluding carboxylic acids is 1. The van der Waals surface area contributed by atoms with E-state index in [-0.39, 0.29) is 10.5 Å². The molecular weight excluding hydrogens is 383 g/mol. The maximum Gasteiger partial charge on any atom is 0.255 e. The second-order valence-corrected chi connectivity index (χ2v) is 7.97. The van der Waals surface area contributed by atoms with Crippen LogP contribution in [0.5, 0.6) is 0 Å². The fourth-order valence-electron chi connectivity index (χ4n) is 2.06. The van der Waals surface area contributed by atoms with Gasteiger partial charge in [-0.25, -0.2) is 13.1 Å². The van der Waals surface area contributed by atoms with Crippen LogP contribution in [0, 0.1) is 0 Å². The SMILES string of the molecule is CCCCNS(=O)(=O)c1cccc(C(=O)Nc2ccc(Cl)cc2Cl)c1. The van der Waals surface area contributed by atoms with Crippen LogP contribution in [0.25, 0.3) is 0 Å². The lowest BCUT2D eigenvalue weighted by atomic mass is 10.2. The molecule has 134 valence electrons. The zero-order chi connectivity index (χ0) is 18.4. The van der Waals surface area contributed by atoms with Crippen molar-refractivity contribution in [2.24, 2.45) is 0 Å². The van der Waals surface area contributed by atoms with Crippen molar-refractivity contribution in [3.8, 4) is 0 Å². The molecule has 0 aliphatic rings. The van der Waals surface area contributed by atoms with Gasteiger partial charge in [0.25, 0.3) is 5.91 Å². The number of hydrogen-bond acceptors (Lipinski definition) is 3. The van der Waals surface area contributed by atoms with E-state index in [2.05, 4.69) is 10.0 Å². The van der Waals surface area contributed by atoms with E-state index in [1.165, 1.54) is 30.3 Å². The van der Waals surface area contributed by atoms with Gasteiger partial charge in [-0.05, 0) is 42.8 Å². The van der Waals surface area contributed by atoms with Crippen LogP contribution in [-0.4, -0.2) is 20.9 Å². The van der Waals surface area contributed by atoms with Crippen LogP contribution in [0.3, 0.4) is 0 Å². The topological polar surface area (TPSA) is 75.3 Å². The molecule has 2 N–H and O–H groups in total. The largest absolute Gasteiger partial charge is 0.321 e. The predicted octanol–water partition coefficient (Wildman–Crippen LogP) is 4.32. The van der Waals surface area contributed by atoms with Gasteiger partial charge in [-0.15, -0.1) is 0 Å². The second-order valence-electron chi connectivity index (χ2n) is 5.36. The smallest absolute Gasteiger partial charge is 0.255 e. The Kier molecular flexibility index (Phi) is 6.84. The van der Waals surface area contributed by atoms with E-state index < -0.39 is 15.9 Å². The molecule has 0 aliphatic heterocycles. The van der Waals surface area contributed by atoms with E-state index in [4.69, 9.17) is 23.2 Å². The molecule has 0 atom stereocenters. The molecule has 0 saturated heterocycles. The van der Waals surface area contributed by atoms with E-state index >= 15 is 0 Å². The Morgan fingerprint density at radius 2 is 1.88 bits per heavy atom. The molecule has 8 heteroatoms.